The van der Waals surface area contributed by atoms with Crippen LogP contribution in [0.25, 0.3) is 0 Å². The zero-order chi connectivity index (χ0) is 22.6. The van der Waals surface area contributed by atoms with E-state index in [2.05, 4.69) is 26.8 Å². The second-order valence-corrected chi connectivity index (χ2v) is 12.2. The van der Waals surface area contributed by atoms with Gasteiger partial charge in [-0.25, -0.2) is 0 Å². The molecule has 0 radical (unpaired) electrons. The summed E-state index contributed by atoms with van der Waals surface area (Å²) in [7, 11) is 0. The number of carboxylic acid groups (broad SMARTS) is 1. The molecule has 0 aromatic carbocycles. The summed E-state index contributed by atoms with van der Waals surface area (Å²) in [6.07, 6.45) is 12.0. The Kier molecular flexibility index (Phi) is 6.37. The van der Waals surface area contributed by atoms with Crippen LogP contribution in [0.5, 0.6) is 0 Å². The van der Waals surface area contributed by atoms with Crippen LogP contribution in [0.3, 0.4) is 0 Å². The molecule has 4 heteroatoms. The van der Waals surface area contributed by atoms with Gasteiger partial charge in [-0.15, -0.1) is 0 Å². The summed E-state index contributed by atoms with van der Waals surface area (Å²) < 4.78 is 0. The first-order valence-electron chi connectivity index (χ1n) is 12.9. The van der Waals surface area contributed by atoms with E-state index in [4.69, 9.17) is 5.11 Å². The van der Waals surface area contributed by atoms with E-state index >= 15 is 0 Å². The maximum absolute atomic E-state index is 11.3. The Morgan fingerprint density at radius 2 is 1.81 bits per heavy atom. The molecule has 3 saturated carbocycles. The van der Waals surface area contributed by atoms with Gasteiger partial charge >= 0.3 is 5.97 Å². The molecular weight excluding hydrogens is 388 g/mol. The Labute approximate surface area is 188 Å². The molecular formula is C27H44O4. The minimum absolute atomic E-state index is 0.154. The second-order valence-electron chi connectivity index (χ2n) is 12.2. The van der Waals surface area contributed by atoms with Crippen molar-refractivity contribution in [3.05, 3.63) is 11.6 Å². The van der Waals surface area contributed by atoms with Crippen LogP contribution in [-0.4, -0.2) is 33.5 Å². The summed E-state index contributed by atoms with van der Waals surface area (Å²) in [5.74, 6) is 1.83. The zero-order valence-electron chi connectivity index (χ0n) is 20.0. The van der Waals surface area contributed by atoms with E-state index in [1.165, 1.54) is 31.3 Å². The highest BCUT2D eigenvalue weighted by atomic mass is 16.4. The Balaban J connectivity index is 1.48. The fourth-order valence-corrected chi connectivity index (χ4v) is 8.68. The van der Waals surface area contributed by atoms with E-state index in [-0.39, 0.29) is 29.0 Å². The highest BCUT2D eigenvalue weighted by Crippen LogP contribution is 2.67. The van der Waals surface area contributed by atoms with Crippen molar-refractivity contribution in [2.24, 2.45) is 46.3 Å². The van der Waals surface area contributed by atoms with Gasteiger partial charge in [-0.3, -0.25) is 4.79 Å². The van der Waals surface area contributed by atoms with Crippen molar-refractivity contribution < 1.29 is 20.1 Å². The third kappa shape index (κ3) is 3.90. The van der Waals surface area contributed by atoms with Crippen molar-refractivity contribution in [1.82, 2.24) is 0 Å². The summed E-state index contributed by atoms with van der Waals surface area (Å²) in [5.41, 5.74) is 1.76. The van der Waals surface area contributed by atoms with Gasteiger partial charge in [0, 0.05) is 0 Å². The minimum atomic E-state index is -0.679. The van der Waals surface area contributed by atoms with Crippen molar-refractivity contribution in [3.8, 4) is 0 Å². The maximum atomic E-state index is 11.3. The minimum Gasteiger partial charge on any atom is -0.481 e. The van der Waals surface area contributed by atoms with Crippen LogP contribution >= 0.6 is 0 Å². The van der Waals surface area contributed by atoms with Crippen LogP contribution in [0.15, 0.2) is 11.6 Å². The van der Waals surface area contributed by atoms with Gasteiger partial charge in [-0.2, -0.15) is 0 Å². The molecule has 0 heterocycles. The number of hydrogen-bond donors (Lipinski definition) is 3. The van der Waals surface area contributed by atoms with Gasteiger partial charge < -0.3 is 15.3 Å². The number of carboxylic acids is 1. The lowest BCUT2D eigenvalue weighted by Crippen LogP contribution is -2.54. The number of fused-ring (bicyclic) bond motifs is 5. The molecule has 176 valence electrons. The van der Waals surface area contributed by atoms with Gasteiger partial charge in [0.1, 0.15) is 0 Å². The molecule has 3 fully saturated rings. The van der Waals surface area contributed by atoms with Crippen LogP contribution in [0.4, 0.5) is 0 Å². The van der Waals surface area contributed by atoms with Gasteiger partial charge in [0.25, 0.3) is 0 Å². The lowest BCUT2D eigenvalue weighted by Gasteiger charge is -2.59. The normalized spacial score (nSPS) is 46.3. The summed E-state index contributed by atoms with van der Waals surface area (Å²) in [4.78, 5) is 11.1. The van der Waals surface area contributed by atoms with E-state index in [1.807, 2.05) is 6.92 Å². The molecule has 4 rings (SSSR count). The SMILES string of the molecule is CC(CCC[C@@H](C)[C@H]1CC[C@H]2[C@@H]3C(O)C=C4CC(O)CC[C@]4(C)[C@H]3CC[C@]12C)C(=O)O. The molecule has 10 atom stereocenters. The van der Waals surface area contributed by atoms with Gasteiger partial charge in [0.2, 0.25) is 0 Å². The van der Waals surface area contributed by atoms with Crippen molar-refractivity contribution in [2.75, 3.05) is 0 Å². The molecule has 0 aromatic rings. The highest BCUT2D eigenvalue weighted by molar-refractivity contribution is 5.69. The van der Waals surface area contributed by atoms with Gasteiger partial charge in [0.05, 0.1) is 18.1 Å². The van der Waals surface area contributed by atoms with Crippen molar-refractivity contribution in [1.29, 1.82) is 0 Å². The highest BCUT2D eigenvalue weighted by Gasteiger charge is 2.61. The fraction of sp³-hybridized carbons (Fsp3) is 0.889. The molecule has 4 aliphatic carbocycles. The molecule has 0 aromatic heterocycles. The number of aliphatic carboxylic acids is 1. The predicted molar refractivity (Wildman–Crippen MR) is 122 cm³/mol. The number of hydrogen-bond acceptors (Lipinski definition) is 3. The molecule has 4 aliphatic rings. The maximum Gasteiger partial charge on any atom is 0.306 e. The van der Waals surface area contributed by atoms with Gasteiger partial charge in [-0.05, 0) is 91.8 Å². The summed E-state index contributed by atoms with van der Waals surface area (Å²) in [6.45, 7) is 9.11. The summed E-state index contributed by atoms with van der Waals surface area (Å²) >= 11 is 0. The monoisotopic (exact) mass is 432 g/mol. The largest absolute Gasteiger partial charge is 0.481 e. The second kappa shape index (κ2) is 8.48. The molecule has 0 bridgehead atoms. The molecule has 0 spiro atoms. The van der Waals surface area contributed by atoms with E-state index in [1.54, 1.807) is 0 Å². The van der Waals surface area contributed by atoms with Gasteiger partial charge in [0.15, 0.2) is 0 Å². The van der Waals surface area contributed by atoms with Crippen LogP contribution in [0.1, 0.15) is 91.9 Å². The fourth-order valence-electron chi connectivity index (χ4n) is 8.68. The molecule has 3 unspecified atom stereocenters. The van der Waals surface area contributed by atoms with Crippen molar-refractivity contribution >= 4 is 5.97 Å². The first kappa shape index (κ1) is 23.3. The zero-order valence-corrected chi connectivity index (χ0v) is 20.0. The quantitative estimate of drug-likeness (QED) is 0.490. The molecule has 31 heavy (non-hydrogen) atoms. The standard InChI is InChI=1S/C27H44O4/c1-16(6-5-7-17(2)25(30)31)20-8-9-21-24-22(11-13-27(20,21)4)26(3)12-10-19(28)14-18(26)15-23(24)29/h15-17,19-24,28-29H,5-14H2,1-4H3,(H,30,31)/t16-,17?,19?,20-,21+,22+,23?,24+,26+,27-/m1/s1. The Hall–Kier alpha value is -0.870. The van der Waals surface area contributed by atoms with Crippen LogP contribution in [0, 0.1) is 46.3 Å². The van der Waals surface area contributed by atoms with Crippen molar-refractivity contribution in [2.45, 2.75) is 104 Å². The van der Waals surface area contributed by atoms with E-state index in [0.717, 1.165) is 38.5 Å². The average Bonchev–Trinajstić information content (AvgIpc) is 3.06. The first-order valence-corrected chi connectivity index (χ1v) is 12.9. The van der Waals surface area contributed by atoms with Crippen LogP contribution in [-0.2, 0) is 4.79 Å². The molecule has 3 N–H and O–H groups in total. The third-order valence-corrected chi connectivity index (χ3v) is 10.6. The molecule has 0 amide bonds. The number of rotatable bonds is 6. The Morgan fingerprint density at radius 3 is 2.52 bits per heavy atom. The molecule has 0 aliphatic heterocycles. The summed E-state index contributed by atoms with van der Waals surface area (Å²) in [6, 6.07) is 0. The van der Waals surface area contributed by atoms with E-state index in [9.17, 15) is 15.0 Å². The smallest absolute Gasteiger partial charge is 0.306 e. The van der Waals surface area contributed by atoms with Crippen molar-refractivity contribution in [3.63, 3.8) is 0 Å². The third-order valence-electron chi connectivity index (χ3n) is 10.6. The molecule has 0 saturated heterocycles. The van der Waals surface area contributed by atoms with E-state index in [0.29, 0.717) is 29.6 Å². The lowest BCUT2D eigenvalue weighted by molar-refractivity contribution is -0.141. The summed E-state index contributed by atoms with van der Waals surface area (Å²) in [5, 5.41) is 30.6. The number of aliphatic hydroxyl groups is 2. The average molecular weight is 433 g/mol. The topological polar surface area (TPSA) is 77.8 Å². The van der Waals surface area contributed by atoms with Gasteiger partial charge in [-0.1, -0.05) is 52.2 Å². The van der Waals surface area contributed by atoms with E-state index < -0.39 is 5.97 Å². The van der Waals surface area contributed by atoms with Crippen LogP contribution < -0.4 is 0 Å². The first-order chi connectivity index (χ1) is 14.6. The van der Waals surface area contributed by atoms with Crippen LogP contribution in [0.2, 0.25) is 0 Å². The number of aliphatic hydroxyl groups excluding tert-OH is 2. The lowest BCUT2D eigenvalue weighted by atomic mass is 9.46. The predicted octanol–water partition coefficient (Wildman–Crippen LogP) is 5.42. The Morgan fingerprint density at radius 1 is 1.06 bits per heavy atom. The Bertz CT molecular complexity index is 716. The number of carbonyl (C=O) groups is 1. The molecule has 4 nitrogen and oxygen atoms in total.